The number of aromatic hydroxyl groups is 2. The second kappa shape index (κ2) is 15.9. The molecule has 2 bridgehead atoms. The minimum absolute atomic E-state index is 0. The molecule has 0 aliphatic heterocycles. The van der Waals surface area contributed by atoms with E-state index in [1.54, 1.807) is 87.1 Å². The minimum atomic E-state index is 0. The van der Waals surface area contributed by atoms with Crippen molar-refractivity contribution < 1.29 is 10.2 Å². The first-order valence-corrected chi connectivity index (χ1v) is 11.2. The maximum absolute atomic E-state index is 8.63. The van der Waals surface area contributed by atoms with Gasteiger partial charge in [-0.1, -0.05) is 77.9 Å². The summed E-state index contributed by atoms with van der Waals surface area (Å²) in [6.45, 7) is 8.00. The van der Waals surface area contributed by atoms with Crippen molar-refractivity contribution in [2.75, 3.05) is 0 Å². The van der Waals surface area contributed by atoms with Crippen LogP contribution in [0.4, 0.5) is 0 Å². The van der Waals surface area contributed by atoms with Crippen molar-refractivity contribution in [1.29, 1.82) is 0 Å². The van der Waals surface area contributed by atoms with Gasteiger partial charge in [0.05, 0.1) is 0 Å². The lowest BCUT2D eigenvalue weighted by molar-refractivity contribution is 0.259. The predicted molar refractivity (Wildman–Crippen MR) is 127 cm³/mol. The quantitative estimate of drug-likeness (QED) is 0.467. The van der Waals surface area contributed by atoms with Gasteiger partial charge in [-0.25, -0.2) is 0 Å². The van der Waals surface area contributed by atoms with Gasteiger partial charge in [0.25, 0.3) is 0 Å². The normalized spacial score (nSPS) is 24.4. The van der Waals surface area contributed by atoms with Crippen LogP contribution in [0.15, 0.2) is 60.7 Å². The van der Waals surface area contributed by atoms with Gasteiger partial charge >= 0.3 is 0 Å². The first kappa shape index (κ1) is 27.0. The molecule has 0 saturated heterocycles. The Labute approximate surface area is 180 Å². The van der Waals surface area contributed by atoms with E-state index in [0.717, 1.165) is 0 Å². The molecule has 4 unspecified atom stereocenters. The van der Waals surface area contributed by atoms with Gasteiger partial charge < -0.3 is 10.2 Å². The molecule has 2 aromatic rings. The number of phenols is 2. The highest BCUT2D eigenvalue weighted by molar-refractivity contribution is 5.19. The van der Waals surface area contributed by atoms with E-state index in [4.69, 9.17) is 10.2 Å². The third-order valence-corrected chi connectivity index (χ3v) is 5.86. The van der Waals surface area contributed by atoms with Crippen molar-refractivity contribution in [2.24, 2.45) is 23.7 Å². The Morgan fingerprint density at radius 1 is 0.586 bits per heavy atom. The molecule has 3 aliphatic carbocycles. The molecule has 0 amide bonds. The first-order chi connectivity index (χ1) is 13.7. The van der Waals surface area contributed by atoms with Gasteiger partial charge in [-0.2, -0.15) is 0 Å². The molecule has 0 spiro atoms. The van der Waals surface area contributed by atoms with E-state index in [0.29, 0.717) is 11.5 Å². The van der Waals surface area contributed by atoms with Gasteiger partial charge in [-0.05, 0) is 80.0 Å². The fourth-order valence-corrected chi connectivity index (χ4v) is 4.87. The highest BCUT2D eigenvalue weighted by Crippen LogP contribution is 2.58. The zero-order valence-corrected chi connectivity index (χ0v) is 18.2. The van der Waals surface area contributed by atoms with Crippen LogP contribution in [0.25, 0.3) is 0 Å². The molecule has 3 saturated carbocycles. The van der Waals surface area contributed by atoms with Crippen LogP contribution in [0, 0.1) is 23.7 Å². The van der Waals surface area contributed by atoms with Crippen molar-refractivity contribution in [2.45, 2.75) is 73.6 Å². The third-order valence-electron chi connectivity index (χ3n) is 5.86. The van der Waals surface area contributed by atoms with Crippen LogP contribution in [0.3, 0.4) is 0 Å². The fourth-order valence-electron chi connectivity index (χ4n) is 4.87. The zero-order chi connectivity index (χ0) is 20.8. The van der Waals surface area contributed by atoms with Gasteiger partial charge in [0, 0.05) is 0 Å². The summed E-state index contributed by atoms with van der Waals surface area (Å²) in [7, 11) is 0. The van der Waals surface area contributed by atoms with E-state index in [9.17, 15) is 0 Å². The van der Waals surface area contributed by atoms with E-state index >= 15 is 0 Å². The van der Waals surface area contributed by atoms with Gasteiger partial charge in [0.1, 0.15) is 11.5 Å². The molecule has 2 N–H and O–H groups in total. The number of hydrogen-bond donors (Lipinski definition) is 2. The Morgan fingerprint density at radius 2 is 0.931 bits per heavy atom. The highest BCUT2D eigenvalue weighted by atomic mass is 16.3. The van der Waals surface area contributed by atoms with Crippen molar-refractivity contribution in [1.82, 2.24) is 0 Å². The molecule has 4 atom stereocenters. The zero-order valence-electron chi connectivity index (χ0n) is 18.2. The van der Waals surface area contributed by atoms with E-state index in [1.807, 2.05) is 39.8 Å². The summed E-state index contributed by atoms with van der Waals surface area (Å²) >= 11 is 0. The monoisotopic (exact) mass is 400 g/mol. The summed E-state index contributed by atoms with van der Waals surface area (Å²) in [5.74, 6) is 5.44. The van der Waals surface area contributed by atoms with E-state index in [2.05, 4.69) is 0 Å². The molecule has 3 aliphatic rings. The number of rotatable bonds is 0. The van der Waals surface area contributed by atoms with E-state index in [-0.39, 0.29) is 7.43 Å². The fraction of sp³-hybridized carbons (Fsp3) is 0.556. The Hall–Kier alpha value is -1.96. The van der Waals surface area contributed by atoms with Crippen molar-refractivity contribution in [3.63, 3.8) is 0 Å². The summed E-state index contributed by atoms with van der Waals surface area (Å²) in [4.78, 5) is 0. The predicted octanol–water partition coefficient (Wildman–Crippen LogP) is 8.31. The number of phenolic OH excluding ortho intramolecular Hbond substituents is 2. The van der Waals surface area contributed by atoms with Gasteiger partial charge in [-0.15, -0.1) is 0 Å². The van der Waals surface area contributed by atoms with Crippen molar-refractivity contribution in [3.05, 3.63) is 60.7 Å². The van der Waals surface area contributed by atoms with Gasteiger partial charge in [0.2, 0.25) is 0 Å². The van der Waals surface area contributed by atoms with Crippen LogP contribution in [-0.2, 0) is 0 Å². The van der Waals surface area contributed by atoms with E-state index < -0.39 is 0 Å². The lowest BCUT2D eigenvalue weighted by Crippen LogP contribution is -2.15. The summed E-state index contributed by atoms with van der Waals surface area (Å²) in [5, 5.41) is 17.3. The molecule has 3 fully saturated rings. The topological polar surface area (TPSA) is 40.5 Å². The maximum Gasteiger partial charge on any atom is 0.115 e. The molecular weight excluding hydrogens is 356 g/mol. The summed E-state index contributed by atoms with van der Waals surface area (Å²) in [5.41, 5.74) is 0. The van der Waals surface area contributed by atoms with Gasteiger partial charge in [-0.3, -0.25) is 0 Å². The average molecular weight is 401 g/mol. The number of para-hydroxylation sites is 2. The summed E-state index contributed by atoms with van der Waals surface area (Å²) in [6, 6.07) is 17.4. The molecule has 2 nitrogen and oxygen atoms in total. The summed E-state index contributed by atoms with van der Waals surface area (Å²) < 4.78 is 0. The average Bonchev–Trinajstić information content (AvgIpc) is 3.49. The molecule has 0 radical (unpaired) electrons. The van der Waals surface area contributed by atoms with Crippen LogP contribution in [0.5, 0.6) is 11.5 Å². The number of fused-ring (bicyclic) bond motifs is 5. The first-order valence-electron chi connectivity index (χ1n) is 11.2. The maximum atomic E-state index is 8.63. The molecule has 164 valence electrons. The molecule has 0 aromatic heterocycles. The smallest absolute Gasteiger partial charge is 0.115 e. The Morgan fingerprint density at radius 3 is 1.21 bits per heavy atom. The SMILES string of the molecule is C.C1CC2C3CCC(C3)C2C1.CC.CC.Oc1ccccc1.Oc1ccccc1. The largest absolute Gasteiger partial charge is 0.508 e. The van der Waals surface area contributed by atoms with Crippen LogP contribution >= 0.6 is 0 Å². The van der Waals surface area contributed by atoms with E-state index in [1.165, 1.54) is 23.7 Å². The second-order valence-corrected chi connectivity index (χ2v) is 7.26. The molecule has 2 heteroatoms. The molecule has 5 rings (SSSR count). The van der Waals surface area contributed by atoms with Crippen LogP contribution in [0.1, 0.15) is 73.6 Å². The standard InChI is InChI=1S/C10H16.2C6H6O.2C2H6.CH4/c1-2-9-7-4-5-8(6-7)10(9)3-1;2*7-6-4-2-1-3-5-6;2*1-2;/h7-10H,1-6H2;2*1-5,7H;2*1-2H3;1H4. The molecular formula is C27H44O2. The molecule has 0 heterocycles. The highest BCUT2D eigenvalue weighted by Gasteiger charge is 2.48. The number of hydrogen-bond acceptors (Lipinski definition) is 2. The van der Waals surface area contributed by atoms with Crippen LogP contribution in [0.2, 0.25) is 0 Å². The van der Waals surface area contributed by atoms with Crippen LogP contribution < -0.4 is 0 Å². The Bertz CT molecular complexity index is 543. The lowest BCUT2D eigenvalue weighted by atomic mass is 9.82. The van der Waals surface area contributed by atoms with Crippen molar-refractivity contribution >= 4 is 0 Å². The number of benzene rings is 2. The Balaban J connectivity index is 0.000000376. The summed E-state index contributed by atoms with van der Waals surface area (Å²) in [6.07, 6.45) is 9.53. The molecule has 2 aromatic carbocycles. The second-order valence-electron chi connectivity index (χ2n) is 7.26. The van der Waals surface area contributed by atoms with Crippen molar-refractivity contribution in [3.8, 4) is 11.5 Å². The lowest BCUT2D eigenvalue weighted by Gasteiger charge is -2.23. The third kappa shape index (κ3) is 8.94. The molecule has 29 heavy (non-hydrogen) atoms. The van der Waals surface area contributed by atoms with Gasteiger partial charge in [0.15, 0.2) is 0 Å². The minimum Gasteiger partial charge on any atom is -0.508 e. The van der Waals surface area contributed by atoms with Crippen LogP contribution in [-0.4, -0.2) is 10.2 Å². The Kier molecular flexibility index (Phi) is 14.8.